The number of methoxy groups -OCH3 is 1. The maximum absolute atomic E-state index is 11.1. The van der Waals surface area contributed by atoms with Gasteiger partial charge in [-0.15, -0.1) is 0 Å². The summed E-state index contributed by atoms with van der Waals surface area (Å²) in [4.78, 5) is 0. The molecule has 0 aromatic rings. The first kappa shape index (κ1) is 23.6. The maximum Gasteiger partial charge on any atom is 0.143 e. The molecule has 1 aliphatic rings. The Labute approximate surface area is 161 Å². The topological polar surface area (TPSA) is 58.9 Å². The summed E-state index contributed by atoms with van der Waals surface area (Å²) in [5, 5.41) is 20.0. The highest BCUT2D eigenvalue weighted by molar-refractivity contribution is 5.17. The van der Waals surface area contributed by atoms with Gasteiger partial charge < -0.3 is 19.7 Å². The SMILES string of the molecule is CCC(COC)C(O)C(CC)C(CC)C(C)C1(C=C(C)COCO)CC1. The fourth-order valence-corrected chi connectivity index (χ4v) is 4.89. The lowest BCUT2D eigenvalue weighted by Crippen LogP contribution is -2.39. The molecule has 0 aromatic heterocycles. The zero-order valence-corrected chi connectivity index (χ0v) is 17.8. The first-order valence-corrected chi connectivity index (χ1v) is 10.4. The zero-order valence-electron chi connectivity index (χ0n) is 17.8. The Bertz CT molecular complexity index is 416. The second-order valence-electron chi connectivity index (χ2n) is 8.25. The Morgan fingerprint density at radius 2 is 1.73 bits per heavy atom. The number of rotatable bonds is 14. The van der Waals surface area contributed by atoms with Crippen LogP contribution >= 0.6 is 0 Å². The van der Waals surface area contributed by atoms with E-state index in [0.29, 0.717) is 31.0 Å². The van der Waals surface area contributed by atoms with Gasteiger partial charge in [0.2, 0.25) is 0 Å². The van der Waals surface area contributed by atoms with Crippen molar-refractivity contribution < 1.29 is 19.7 Å². The highest BCUT2D eigenvalue weighted by atomic mass is 16.6. The summed E-state index contributed by atoms with van der Waals surface area (Å²) in [5.41, 5.74) is 1.43. The Balaban J connectivity index is 2.93. The molecule has 4 nitrogen and oxygen atoms in total. The first-order chi connectivity index (χ1) is 12.4. The van der Waals surface area contributed by atoms with Crippen molar-refractivity contribution in [2.24, 2.45) is 29.1 Å². The summed E-state index contributed by atoms with van der Waals surface area (Å²) in [5.74, 6) is 1.52. The van der Waals surface area contributed by atoms with Crippen LogP contribution in [0.3, 0.4) is 0 Å². The fourth-order valence-electron chi connectivity index (χ4n) is 4.89. The van der Waals surface area contributed by atoms with Crippen molar-refractivity contribution in [3.8, 4) is 0 Å². The van der Waals surface area contributed by atoms with Gasteiger partial charge in [0.1, 0.15) is 6.79 Å². The quantitative estimate of drug-likeness (QED) is 0.351. The van der Waals surface area contributed by atoms with Gasteiger partial charge in [0.25, 0.3) is 0 Å². The van der Waals surface area contributed by atoms with Crippen LogP contribution in [0.2, 0.25) is 0 Å². The van der Waals surface area contributed by atoms with Gasteiger partial charge in [-0.25, -0.2) is 0 Å². The molecule has 5 unspecified atom stereocenters. The second kappa shape index (κ2) is 11.4. The van der Waals surface area contributed by atoms with Gasteiger partial charge >= 0.3 is 0 Å². The van der Waals surface area contributed by atoms with E-state index in [0.717, 1.165) is 19.3 Å². The van der Waals surface area contributed by atoms with Gasteiger partial charge in [-0.2, -0.15) is 0 Å². The van der Waals surface area contributed by atoms with Crippen LogP contribution in [0.1, 0.15) is 66.7 Å². The minimum Gasteiger partial charge on any atom is -0.392 e. The summed E-state index contributed by atoms with van der Waals surface area (Å²) >= 11 is 0. The minimum absolute atomic E-state index is 0.205. The van der Waals surface area contributed by atoms with Crippen molar-refractivity contribution in [1.29, 1.82) is 0 Å². The van der Waals surface area contributed by atoms with Crippen molar-refractivity contribution in [2.75, 3.05) is 27.1 Å². The molecule has 0 aliphatic heterocycles. The van der Waals surface area contributed by atoms with Crippen LogP contribution in [0.4, 0.5) is 0 Å². The first-order valence-electron chi connectivity index (χ1n) is 10.4. The minimum atomic E-state index is -0.309. The van der Waals surface area contributed by atoms with Gasteiger partial charge in [-0.3, -0.25) is 0 Å². The van der Waals surface area contributed by atoms with Gasteiger partial charge in [0.15, 0.2) is 0 Å². The zero-order chi connectivity index (χ0) is 19.7. The van der Waals surface area contributed by atoms with E-state index < -0.39 is 0 Å². The van der Waals surface area contributed by atoms with Crippen molar-refractivity contribution >= 4 is 0 Å². The van der Waals surface area contributed by atoms with E-state index in [1.165, 1.54) is 18.4 Å². The van der Waals surface area contributed by atoms with Gasteiger partial charge in [0, 0.05) is 13.0 Å². The van der Waals surface area contributed by atoms with Crippen molar-refractivity contribution in [2.45, 2.75) is 72.8 Å². The normalized spacial score (nSPS) is 22.5. The Morgan fingerprint density at radius 3 is 2.15 bits per heavy atom. The molecule has 154 valence electrons. The van der Waals surface area contributed by atoms with Crippen LogP contribution < -0.4 is 0 Å². The molecule has 0 heterocycles. The molecule has 0 saturated heterocycles. The molecule has 4 heteroatoms. The van der Waals surface area contributed by atoms with Crippen LogP contribution in [0.25, 0.3) is 0 Å². The molecule has 0 amide bonds. The molecule has 0 spiro atoms. The van der Waals surface area contributed by atoms with Crippen LogP contribution in [0, 0.1) is 29.1 Å². The molecule has 1 aliphatic carbocycles. The molecule has 1 rings (SSSR count). The summed E-state index contributed by atoms with van der Waals surface area (Å²) < 4.78 is 10.5. The lowest BCUT2D eigenvalue weighted by atomic mass is 9.68. The number of ether oxygens (including phenoxy) is 2. The number of aliphatic hydroxyl groups excluding tert-OH is 2. The van der Waals surface area contributed by atoms with Crippen molar-refractivity contribution in [3.05, 3.63) is 11.6 Å². The van der Waals surface area contributed by atoms with E-state index in [1.807, 2.05) is 0 Å². The molecule has 0 aromatic carbocycles. The predicted octanol–water partition coefficient (Wildman–Crippen LogP) is 4.40. The predicted molar refractivity (Wildman–Crippen MR) is 107 cm³/mol. The van der Waals surface area contributed by atoms with E-state index in [9.17, 15) is 5.11 Å². The third-order valence-electron chi connectivity index (χ3n) is 6.65. The van der Waals surface area contributed by atoms with Gasteiger partial charge in [0.05, 0.1) is 19.3 Å². The van der Waals surface area contributed by atoms with Crippen LogP contribution in [0.5, 0.6) is 0 Å². The molecule has 0 bridgehead atoms. The van der Waals surface area contributed by atoms with Gasteiger partial charge in [-0.1, -0.05) is 52.2 Å². The lowest BCUT2D eigenvalue weighted by Gasteiger charge is -2.39. The molecule has 2 N–H and O–H groups in total. The third-order valence-corrected chi connectivity index (χ3v) is 6.65. The number of allylic oxidation sites excluding steroid dienone is 1. The molecule has 5 atom stereocenters. The highest BCUT2D eigenvalue weighted by Crippen LogP contribution is 2.58. The second-order valence-corrected chi connectivity index (χ2v) is 8.25. The Kier molecular flexibility index (Phi) is 10.4. The molecule has 1 fully saturated rings. The average molecular weight is 371 g/mol. The molecule has 1 saturated carbocycles. The average Bonchev–Trinajstić information content (AvgIpc) is 3.41. The highest BCUT2D eigenvalue weighted by Gasteiger charge is 2.49. The molecular formula is C22H42O4. The largest absolute Gasteiger partial charge is 0.392 e. The summed E-state index contributed by atoms with van der Waals surface area (Å²) in [7, 11) is 1.72. The monoisotopic (exact) mass is 370 g/mol. The van der Waals surface area contributed by atoms with E-state index in [-0.39, 0.29) is 24.2 Å². The third kappa shape index (κ3) is 6.05. The van der Waals surface area contributed by atoms with Crippen LogP contribution in [-0.4, -0.2) is 43.4 Å². The number of hydrogen-bond donors (Lipinski definition) is 2. The summed E-state index contributed by atoms with van der Waals surface area (Å²) in [6.07, 6.45) is 7.52. The standard InChI is InChI=1S/C22H42O4/c1-7-18(14-25-6)21(24)20(9-3)19(8-2)17(5)22(10-11-22)12-16(4)13-26-15-23/h12,17-21,23-24H,7-11,13-15H2,1-6H3. The van der Waals surface area contributed by atoms with Crippen molar-refractivity contribution in [3.63, 3.8) is 0 Å². The fraction of sp³-hybridized carbons (Fsp3) is 0.909. The van der Waals surface area contributed by atoms with E-state index in [4.69, 9.17) is 14.6 Å². The van der Waals surface area contributed by atoms with E-state index in [1.54, 1.807) is 7.11 Å². The van der Waals surface area contributed by atoms with E-state index in [2.05, 4.69) is 40.7 Å². The Hall–Kier alpha value is -0.420. The Morgan fingerprint density at radius 1 is 1.12 bits per heavy atom. The van der Waals surface area contributed by atoms with Crippen molar-refractivity contribution in [1.82, 2.24) is 0 Å². The lowest BCUT2D eigenvalue weighted by molar-refractivity contribution is -0.0268. The van der Waals surface area contributed by atoms with E-state index >= 15 is 0 Å². The molecule has 0 radical (unpaired) electrons. The number of aliphatic hydroxyl groups is 2. The maximum atomic E-state index is 11.1. The van der Waals surface area contributed by atoms with Gasteiger partial charge in [-0.05, 0) is 49.4 Å². The van der Waals surface area contributed by atoms with Crippen LogP contribution in [-0.2, 0) is 9.47 Å². The molecular weight excluding hydrogens is 328 g/mol. The smallest absolute Gasteiger partial charge is 0.143 e. The summed E-state index contributed by atoms with van der Waals surface area (Å²) in [6, 6.07) is 0. The number of hydrogen-bond acceptors (Lipinski definition) is 4. The van der Waals surface area contributed by atoms with Crippen LogP contribution in [0.15, 0.2) is 11.6 Å². The molecule has 26 heavy (non-hydrogen) atoms. The summed E-state index contributed by atoms with van der Waals surface area (Å²) in [6.45, 7) is 11.9.